The number of ether oxygens (including phenoxy) is 2. The number of amides is 1. The van der Waals surface area contributed by atoms with E-state index < -0.39 is 5.82 Å². The van der Waals surface area contributed by atoms with Crippen molar-refractivity contribution >= 4 is 28.8 Å². The molecule has 0 spiro atoms. The highest BCUT2D eigenvalue weighted by Gasteiger charge is 2.15. The van der Waals surface area contributed by atoms with Crippen LogP contribution in [0.2, 0.25) is 5.02 Å². The number of rotatable bonds is 8. The average Bonchev–Trinajstić information content (AvgIpc) is 3.33. The van der Waals surface area contributed by atoms with Crippen molar-refractivity contribution in [3.05, 3.63) is 99.5 Å². The van der Waals surface area contributed by atoms with E-state index in [9.17, 15) is 13.6 Å². The lowest BCUT2D eigenvalue weighted by Gasteiger charge is -2.13. The lowest BCUT2D eigenvalue weighted by Crippen LogP contribution is -2.23. The molecule has 1 aromatic heterocycles. The zero-order chi connectivity index (χ0) is 24.1. The van der Waals surface area contributed by atoms with Gasteiger partial charge in [0.2, 0.25) is 0 Å². The van der Waals surface area contributed by atoms with Gasteiger partial charge in [-0.1, -0.05) is 29.8 Å². The van der Waals surface area contributed by atoms with Gasteiger partial charge in [0.05, 0.1) is 12.1 Å². The molecule has 0 radical (unpaired) electrons. The van der Waals surface area contributed by atoms with Gasteiger partial charge < -0.3 is 14.8 Å². The van der Waals surface area contributed by atoms with Crippen LogP contribution in [0.25, 0.3) is 10.6 Å². The van der Waals surface area contributed by atoms with E-state index in [0.717, 1.165) is 5.56 Å². The van der Waals surface area contributed by atoms with Gasteiger partial charge in [-0.25, -0.2) is 13.8 Å². The molecule has 0 saturated heterocycles. The molecule has 0 unspecified atom stereocenters. The molecule has 34 heavy (non-hydrogen) atoms. The molecule has 1 amide bonds. The van der Waals surface area contributed by atoms with Crippen LogP contribution in [-0.2, 0) is 13.2 Å². The van der Waals surface area contributed by atoms with E-state index >= 15 is 0 Å². The fourth-order valence-electron chi connectivity index (χ4n) is 3.17. The van der Waals surface area contributed by atoms with E-state index in [-0.39, 0.29) is 41.2 Å². The van der Waals surface area contributed by atoms with E-state index in [0.29, 0.717) is 22.1 Å². The zero-order valence-electron chi connectivity index (χ0n) is 18.0. The number of hydrogen-bond donors (Lipinski definition) is 1. The number of thiazole rings is 1. The lowest BCUT2D eigenvalue weighted by molar-refractivity contribution is 0.0946. The summed E-state index contributed by atoms with van der Waals surface area (Å²) in [6.45, 7) is 0.128. The molecular weight excluding hydrogens is 482 g/mol. The van der Waals surface area contributed by atoms with Crippen LogP contribution in [0.3, 0.4) is 0 Å². The van der Waals surface area contributed by atoms with Crippen LogP contribution in [0.5, 0.6) is 11.5 Å². The van der Waals surface area contributed by atoms with Gasteiger partial charge >= 0.3 is 0 Å². The molecule has 4 rings (SSSR count). The standard InChI is InChI=1S/C25H19ClF2N2O3S/c1-32-23-11-16(8-9-22(23)33-13-18-19(26)6-3-7-20(18)28)25-30-21(14-34-25)24(31)29-12-15-4-2-5-17(27)10-15/h2-11,14H,12-13H2,1H3,(H,29,31). The van der Waals surface area contributed by atoms with Gasteiger partial charge in [-0.3, -0.25) is 4.79 Å². The molecule has 1 heterocycles. The molecule has 3 aromatic carbocycles. The minimum absolute atomic E-state index is 0.0614. The van der Waals surface area contributed by atoms with Crippen LogP contribution < -0.4 is 14.8 Å². The number of nitrogens with zero attached hydrogens (tertiary/aromatic N) is 1. The Morgan fingerprint density at radius 3 is 2.68 bits per heavy atom. The molecule has 0 saturated carbocycles. The summed E-state index contributed by atoms with van der Waals surface area (Å²) in [7, 11) is 1.50. The predicted molar refractivity (Wildman–Crippen MR) is 127 cm³/mol. The summed E-state index contributed by atoms with van der Waals surface area (Å²) in [5.74, 6) is -0.331. The van der Waals surface area contributed by atoms with Gasteiger partial charge in [0.25, 0.3) is 5.91 Å². The first kappa shape index (κ1) is 23.7. The molecule has 5 nitrogen and oxygen atoms in total. The van der Waals surface area contributed by atoms with Crippen LogP contribution in [-0.4, -0.2) is 18.0 Å². The molecule has 0 aliphatic carbocycles. The van der Waals surface area contributed by atoms with E-state index in [1.54, 1.807) is 41.8 Å². The number of methoxy groups -OCH3 is 1. The molecule has 174 valence electrons. The molecule has 4 aromatic rings. The third-order valence-corrected chi connectivity index (χ3v) is 6.17. The smallest absolute Gasteiger partial charge is 0.271 e. The van der Waals surface area contributed by atoms with Gasteiger partial charge in [-0.2, -0.15) is 0 Å². The number of nitrogens with one attached hydrogen (secondary N) is 1. The van der Waals surface area contributed by atoms with Gasteiger partial charge in [0.1, 0.15) is 28.9 Å². The fourth-order valence-corrected chi connectivity index (χ4v) is 4.19. The Morgan fingerprint density at radius 2 is 1.91 bits per heavy atom. The van der Waals surface area contributed by atoms with Gasteiger partial charge in [0.15, 0.2) is 11.5 Å². The van der Waals surface area contributed by atoms with E-state index in [4.69, 9.17) is 21.1 Å². The first-order valence-electron chi connectivity index (χ1n) is 10.2. The third-order valence-electron chi connectivity index (χ3n) is 4.92. The van der Waals surface area contributed by atoms with Crippen LogP contribution in [0, 0.1) is 11.6 Å². The Balaban J connectivity index is 1.45. The van der Waals surface area contributed by atoms with Crippen molar-refractivity contribution in [1.29, 1.82) is 0 Å². The molecule has 1 N–H and O–H groups in total. The summed E-state index contributed by atoms with van der Waals surface area (Å²) in [6, 6.07) is 15.7. The summed E-state index contributed by atoms with van der Waals surface area (Å²) in [5, 5.41) is 5.27. The van der Waals surface area contributed by atoms with E-state index in [2.05, 4.69) is 10.3 Å². The predicted octanol–water partition coefficient (Wildman–Crippen LogP) is 6.26. The summed E-state index contributed by atoms with van der Waals surface area (Å²) in [5.41, 5.74) is 1.89. The van der Waals surface area contributed by atoms with Crippen molar-refractivity contribution in [2.75, 3.05) is 7.11 Å². The quantitative estimate of drug-likeness (QED) is 0.310. The number of halogens is 3. The van der Waals surface area contributed by atoms with Crippen LogP contribution in [0.4, 0.5) is 8.78 Å². The number of carbonyl (C=O) groups is 1. The lowest BCUT2D eigenvalue weighted by atomic mass is 10.2. The zero-order valence-corrected chi connectivity index (χ0v) is 19.6. The minimum atomic E-state index is -0.450. The molecular formula is C25H19ClF2N2O3S. The van der Waals surface area contributed by atoms with Crippen molar-refractivity contribution in [3.63, 3.8) is 0 Å². The molecule has 9 heteroatoms. The maximum atomic E-state index is 14.0. The molecule has 0 aliphatic heterocycles. The second-order valence-electron chi connectivity index (χ2n) is 7.21. The highest BCUT2D eigenvalue weighted by Crippen LogP contribution is 2.34. The topological polar surface area (TPSA) is 60.5 Å². The first-order chi connectivity index (χ1) is 16.4. The Labute approximate surface area is 203 Å². The normalized spacial score (nSPS) is 10.7. The summed E-state index contributed by atoms with van der Waals surface area (Å²) >= 11 is 7.36. The Kier molecular flexibility index (Phi) is 7.40. The number of benzene rings is 3. The second-order valence-corrected chi connectivity index (χ2v) is 8.47. The monoisotopic (exact) mass is 500 g/mol. The van der Waals surface area contributed by atoms with Crippen molar-refractivity contribution in [2.45, 2.75) is 13.2 Å². The number of carbonyl (C=O) groups excluding carboxylic acids is 1. The SMILES string of the molecule is COc1cc(-c2nc(C(=O)NCc3cccc(F)c3)cs2)ccc1OCc1c(F)cccc1Cl. The highest BCUT2D eigenvalue weighted by atomic mass is 35.5. The molecule has 0 fully saturated rings. The number of aromatic nitrogens is 1. The Morgan fingerprint density at radius 1 is 1.09 bits per heavy atom. The summed E-state index contributed by atoms with van der Waals surface area (Å²) < 4.78 is 38.5. The third kappa shape index (κ3) is 5.52. The van der Waals surface area contributed by atoms with Crippen LogP contribution >= 0.6 is 22.9 Å². The largest absolute Gasteiger partial charge is 0.493 e. The maximum Gasteiger partial charge on any atom is 0.271 e. The van der Waals surface area contributed by atoms with Gasteiger partial charge in [-0.15, -0.1) is 11.3 Å². The first-order valence-corrected chi connectivity index (χ1v) is 11.4. The minimum Gasteiger partial charge on any atom is -0.493 e. The van der Waals surface area contributed by atoms with Gasteiger partial charge in [-0.05, 0) is 48.0 Å². The Hall–Kier alpha value is -3.49. The van der Waals surface area contributed by atoms with Crippen LogP contribution in [0.1, 0.15) is 21.6 Å². The molecule has 0 aliphatic rings. The van der Waals surface area contributed by atoms with Gasteiger partial charge in [0, 0.05) is 23.1 Å². The van der Waals surface area contributed by atoms with Crippen molar-refractivity contribution < 1.29 is 23.0 Å². The Bertz CT molecular complexity index is 1310. The average molecular weight is 501 g/mol. The molecule has 0 bridgehead atoms. The second kappa shape index (κ2) is 10.6. The van der Waals surface area contributed by atoms with Crippen LogP contribution in [0.15, 0.2) is 66.0 Å². The van der Waals surface area contributed by atoms with E-state index in [1.165, 1.54) is 42.7 Å². The highest BCUT2D eigenvalue weighted by molar-refractivity contribution is 7.13. The number of hydrogen-bond acceptors (Lipinski definition) is 5. The van der Waals surface area contributed by atoms with E-state index in [1.807, 2.05) is 0 Å². The maximum absolute atomic E-state index is 14.0. The van der Waals surface area contributed by atoms with Crippen molar-refractivity contribution in [3.8, 4) is 22.1 Å². The summed E-state index contributed by atoms with van der Waals surface area (Å²) in [4.78, 5) is 16.9. The fraction of sp³-hybridized carbons (Fsp3) is 0.120. The molecule has 0 atom stereocenters. The van der Waals surface area contributed by atoms with Crippen molar-refractivity contribution in [2.24, 2.45) is 0 Å². The van der Waals surface area contributed by atoms with Crippen molar-refractivity contribution in [1.82, 2.24) is 10.3 Å². The summed E-state index contributed by atoms with van der Waals surface area (Å²) in [6.07, 6.45) is 0.